The molecule has 6 heteroatoms. The van der Waals surface area contributed by atoms with Gasteiger partial charge >= 0.3 is 5.97 Å². The molecule has 3 aromatic rings. The van der Waals surface area contributed by atoms with Crippen LogP contribution in [0.5, 0.6) is 0 Å². The van der Waals surface area contributed by atoms with Crippen molar-refractivity contribution in [2.45, 2.75) is 13.3 Å². The van der Waals surface area contributed by atoms with Crippen molar-refractivity contribution in [3.8, 4) is 11.3 Å². The Hall–Kier alpha value is -2.47. The number of carbonyl (C=O) groups excluding carboxylic acids is 1. The first-order valence-corrected chi connectivity index (χ1v) is 7.82. The van der Waals surface area contributed by atoms with Gasteiger partial charge in [-0.2, -0.15) is 4.98 Å². The van der Waals surface area contributed by atoms with Crippen LogP contribution in [-0.4, -0.2) is 22.0 Å². The first-order chi connectivity index (χ1) is 10.7. The van der Waals surface area contributed by atoms with Crippen molar-refractivity contribution in [2.75, 3.05) is 6.61 Å². The van der Waals surface area contributed by atoms with Crippen LogP contribution in [0.2, 0.25) is 0 Å². The van der Waals surface area contributed by atoms with Crippen molar-refractivity contribution < 1.29 is 9.53 Å². The second-order valence-electron chi connectivity index (χ2n) is 4.72. The van der Waals surface area contributed by atoms with Crippen molar-refractivity contribution in [1.29, 1.82) is 0 Å². The minimum absolute atomic E-state index is 0.212. The summed E-state index contributed by atoms with van der Waals surface area (Å²) in [5, 5.41) is 1.88. The highest BCUT2D eigenvalue weighted by Crippen LogP contribution is 2.26. The summed E-state index contributed by atoms with van der Waals surface area (Å²) in [5.74, 6) is -0.507. The van der Waals surface area contributed by atoms with Gasteiger partial charge in [0.05, 0.1) is 12.3 Å². The van der Waals surface area contributed by atoms with Crippen molar-refractivity contribution in [1.82, 2.24) is 9.38 Å². The lowest BCUT2D eigenvalue weighted by atomic mass is 10.2. The van der Waals surface area contributed by atoms with Crippen LogP contribution in [0.25, 0.3) is 16.2 Å². The van der Waals surface area contributed by atoms with Crippen molar-refractivity contribution in [2.24, 2.45) is 0 Å². The lowest BCUT2D eigenvalue weighted by molar-refractivity contribution is 0.0496. The zero-order valence-corrected chi connectivity index (χ0v) is 12.8. The number of aromatic nitrogens is 2. The molecule has 0 saturated carbocycles. The van der Waals surface area contributed by atoms with Gasteiger partial charge in [-0.05, 0) is 12.0 Å². The van der Waals surface area contributed by atoms with E-state index < -0.39 is 11.5 Å². The van der Waals surface area contributed by atoms with E-state index in [1.54, 1.807) is 4.40 Å². The van der Waals surface area contributed by atoms with Gasteiger partial charge in [-0.15, -0.1) is 11.3 Å². The van der Waals surface area contributed by atoms with Crippen molar-refractivity contribution in [3.63, 3.8) is 0 Å². The van der Waals surface area contributed by atoms with E-state index in [4.69, 9.17) is 4.74 Å². The second kappa shape index (κ2) is 6.11. The van der Waals surface area contributed by atoms with Crippen LogP contribution >= 0.6 is 11.3 Å². The van der Waals surface area contributed by atoms with E-state index in [-0.39, 0.29) is 5.69 Å². The fourth-order valence-corrected chi connectivity index (χ4v) is 3.06. The molecular formula is C16H14N2O3S. The number of hydrogen-bond acceptors (Lipinski definition) is 5. The third-order valence-corrected chi connectivity index (χ3v) is 3.96. The number of rotatable bonds is 4. The van der Waals surface area contributed by atoms with E-state index in [0.717, 1.165) is 17.7 Å². The normalized spacial score (nSPS) is 10.8. The minimum atomic E-state index is -0.507. The lowest BCUT2D eigenvalue weighted by Gasteiger charge is -2.08. The van der Waals surface area contributed by atoms with Gasteiger partial charge in [-0.3, -0.25) is 9.20 Å². The molecule has 0 bridgehead atoms. The maximum atomic E-state index is 12.2. The molecule has 0 saturated heterocycles. The number of carbonyl (C=O) groups is 1. The molecule has 0 radical (unpaired) electrons. The molecule has 2 heterocycles. The topological polar surface area (TPSA) is 60.7 Å². The number of hydrogen-bond donors (Lipinski definition) is 0. The van der Waals surface area contributed by atoms with Gasteiger partial charge in [0.25, 0.3) is 5.56 Å². The Morgan fingerprint density at radius 1 is 1.32 bits per heavy atom. The van der Waals surface area contributed by atoms with E-state index in [1.807, 2.05) is 42.6 Å². The number of esters is 1. The van der Waals surface area contributed by atoms with Crippen LogP contribution in [0.1, 0.15) is 23.8 Å². The third kappa shape index (κ3) is 2.65. The highest BCUT2D eigenvalue weighted by molar-refractivity contribution is 7.15. The van der Waals surface area contributed by atoms with Gasteiger partial charge in [0.1, 0.15) is 5.69 Å². The summed E-state index contributed by atoms with van der Waals surface area (Å²) >= 11 is 1.32. The Kier molecular flexibility index (Phi) is 4.02. The van der Waals surface area contributed by atoms with Crippen LogP contribution in [0.3, 0.4) is 0 Å². The average molecular weight is 314 g/mol. The first kappa shape index (κ1) is 14.5. The van der Waals surface area contributed by atoms with Crippen LogP contribution < -0.4 is 5.56 Å². The van der Waals surface area contributed by atoms with Crippen LogP contribution in [0.4, 0.5) is 0 Å². The monoisotopic (exact) mass is 314 g/mol. The predicted molar refractivity (Wildman–Crippen MR) is 85.3 cm³/mol. The summed E-state index contributed by atoms with van der Waals surface area (Å²) in [6.07, 6.45) is 0.726. The van der Waals surface area contributed by atoms with Gasteiger partial charge in [-0.1, -0.05) is 37.3 Å². The Labute approximate surface area is 130 Å². The van der Waals surface area contributed by atoms with Crippen LogP contribution in [-0.2, 0) is 4.74 Å². The standard InChI is InChI=1S/C16H14N2O3S/c1-2-8-21-15(20)12-9-14(19)17-16-18(12)13(10-22-16)11-6-4-3-5-7-11/h3-7,9-10H,2,8H2,1H3. The molecule has 0 aliphatic rings. The molecule has 0 N–H and O–H groups in total. The summed E-state index contributed by atoms with van der Waals surface area (Å²) in [6, 6.07) is 10.9. The molecule has 2 aromatic heterocycles. The second-order valence-corrected chi connectivity index (χ2v) is 5.56. The Bertz CT molecular complexity index is 868. The molecule has 0 spiro atoms. The lowest BCUT2D eigenvalue weighted by Crippen LogP contribution is -2.17. The molecule has 0 atom stereocenters. The first-order valence-electron chi connectivity index (χ1n) is 6.94. The summed E-state index contributed by atoms with van der Waals surface area (Å²) in [6.45, 7) is 2.24. The smallest absolute Gasteiger partial charge is 0.355 e. The molecule has 22 heavy (non-hydrogen) atoms. The molecule has 1 aromatic carbocycles. The number of thiazole rings is 1. The molecular weight excluding hydrogens is 300 g/mol. The molecule has 0 aliphatic heterocycles. The maximum Gasteiger partial charge on any atom is 0.355 e. The highest BCUT2D eigenvalue weighted by Gasteiger charge is 2.17. The van der Waals surface area contributed by atoms with E-state index in [1.165, 1.54) is 17.4 Å². The molecule has 0 aliphatic carbocycles. The largest absolute Gasteiger partial charge is 0.461 e. The minimum Gasteiger partial charge on any atom is -0.461 e. The molecule has 0 fully saturated rings. The number of nitrogens with zero attached hydrogens (tertiary/aromatic N) is 2. The van der Waals surface area contributed by atoms with Gasteiger partial charge in [0, 0.05) is 11.4 Å². The van der Waals surface area contributed by atoms with Crippen LogP contribution in [0.15, 0.2) is 46.6 Å². The fourth-order valence-electron chi connectivity index (χ4n) is 2.16. The third-order valence-electron chi connectivity index (χ3n) is 3.13. The van der Waals surface area contributed by atoms with Gasteiger partial charge in [0.2, 0.25) is 0 Å². The number of fused-ring (bicyclic) bond motifs is 1. The summed E-state index contributed by atoms with van der Waals surface area (Å²) in [5.41, 5.74) is 1.54. The summed E-state index contributed by atoms with van der Waals surface area (Å²) < 4.78 is 6.86. The van der Waals surface area contributed by atoms with E-state index >= 15 is 0 Å². The van der Waals surface area contributed by atoms with Gasteiger partial charge in [-0.25, -0.2) is 4.79 Å². The average Bonchev–Trinajstić information content (AvgIpc) is 2.96. The SMILES string of the molecule is CCCOC(=O)c1cc(=O)nc2scc(-c3ccccc3)n12. The Morgan fingerprint density at radius 2 is 2.09 bits per heavy atom. The quantitative estimate of drug-likeness (QED) is 0.695. The van der Waals surface area contributed by atoms with E-state index in [2.05, 4.69) is 4.98 Å². The van der Waals surface area contributed by atoms with Crippen molar-refractivity contribution >= 4 is 22.3 Å². The highest BCUT2D eigenvalue weighted by atomic mass is 32.1. The predicted octanol–water partition coefficient (Wildman–Crippen LogP) is 2.99. The molecule has 0 unspecified atom stereocenters. The molecule has 3 rings (SSSR count). The van der Waals surface area contributed by atoms with Crippen molar-refractivity contribution in [3.05, 3.63) is 57.8 Å². The zero-order valence-electron chi connectivity index (χ0n) is 12.0. The molecule has 5 nitrogen and oxygen atoms in total. The van der Waals surface area contributed by atoms with Gasteiger partial charge in [0.15, 0.2) is 4.96 Å². The summed E-state index contributed by atoms with van der Waals surface area (Å²) in [7, 11) is 0. The van der Waals surface area contributed by atoms with Crippen LogP contribution in [0, 0.1) is 0 Å². The summed E-state index contributed by atoms with van der Waals surface area (Å²) in [4.78, 5) is 28.4. The number of ether oxygens (including phenoxy) is 1. The Morgan fingerprint density at radius 3 is 2.82 bits per heavy atom. The number of benzene rings is 1. The molecule has 0 amide bonds. The Balaban J connectivity index is 2.20. The molecule has 112 valence electrons. The van der Waals surface area contributed by atoms with E-state index in [9.17, 15) is 9.59 Å². The van der Waals surface area contributed by atoms with Gasteiger partial charge < -0.3 is 4.74 Å². The maximum absolute atomic E-state index is 12.2. The van der Waals surface area contributed by atoms with E-state index in [0.29, 0.717) is 11.6 Å². The fraction of sp³-hybridized carbons (Fsp3) is 0.188. The zero-order chi connectivity index (χ0) is 15.5.